The maximum Gasteiger partial charge on any atom is 0.272 e. The Morgan fingerprint density at radius 3 is 2.31 bits per heavy atom. The SMILES string of the molecule is O=C(c1ccccn1)N1CCN(C(=O)[C@H]2CC(=O)N(c3ccc(Cl)cc3)C2)CC1. The van der Waals surface area contributed by atoms with Crippen LogP contribution in [0.15, 0.2) is 48.7 Å². The fraction of sp³-hybridized carbons (Fsp3) is 0.333. The number of carbonyl (C=O) groups is 3. The van der Waals surface area contributed by atoms with Gasteiger partial charge in [0.2, 0.25) is 11.8 Å². The molecule has 0 spiro atoms. The van der Waals surface area contributed by atoms with Gasteiger partial charge in [0.1, 0.15) is 5.69 Å². The maximum atomic E-state index is 12.9. The fourth-order valence-corrected chi connectivity index (χ4v) is 3.91. The van der Waals surface area contributed by atoms with E-state index in [1.165, 1.54) is 0 Å². The highest BCUT2D eigenvalue weighted by molar-refractivity contribution is 6.30. The zero-order chi connectivity index (χ0) is 20.4. The molecule has 2 saturated heterocycles. The number of pyridine rings is 1. The molecule has 0 aliphatic carbocycles. The number of benzene rings is 1. The van der Waals surface area contributed by atoms with Gasteiger partial charge in [0, 0.05) is 56.1 Å². The zero-order valence-electron chi connectivity index (χ0n) is 15.8. The van der Waals surface area contributed by atoms with Crippen LogP contribution in [0.1, 0.15) is 16.9 Å². The van der Waals surface area contributed by atoms with Crippen molar-refractivity contribution in [3.63, 3.8) is 0 Å². The summed E-state index contributed by atoms with van der Waals surface area (Å²) in [4.78, 5) is 47.1. The van der Waals surface area contributed by atoms with Gasteiger partial charge in [0.05, 0.1) is 5.92 Å². The molecule has 3 amide bonds. The molecule has 1 atom stereocenters. The molecule has 8 heteroatoms. The number of carbonyl (C=O) groups excluding carboxylic acids is 3. The molecule has 0 saturated carbocycles. The van der Waals surface area contributed by atoms with Crippen molar-refractivity contribution in [2.45, 2.75) is 6.42 Å². The van der Waals surface area contributed by atoms with E-state index in [9.17, 15) is 14.4 Å². The van der Waals surface area contributed by atoms with Gasteiger partial charge in [-0.2, -0.15) is 0 Å². The van der Waals surface area contributed by atoms with Crippen LogP contribution in [-0.2, 0) is 9.59 Å². The third-order valence-corrected chi connectivity index (χ3v) is 5.63. The summed E-state index contributed by atoms with van der Waals surface area (Å²) in [5, 5.41) is 0.603. The smallest absolute Gasteiger partial charge is 0.272 e. The number of rotatable bonds is 3. The van der Waals surface area contributed by atoms with Gasteiger partial charge in [-0.25, -0.2) is 0 Å². The third-order valence-electron chi connectivity index (χ3n) is 5.38. The summed E-state index contributed by atoms with van der Waals surface area (Å²) >= 11 is 5.91. The zero-order valence-corrected chi connectivity index (χ0v) is 16.6. The summed E-state index contributed by atoms with van der Waals surface area (Å²) < 4.78 is 0. The number of anilines is 1. The molecule has 1 aromatic heterocycles. The summed E-state index contributed by atoms with van der Waals surface area (Å²) in [5.41, 5.74) is 1.16. The molecular formula is C21H21ClN4O3. The normalized spacial score (nSPS) is 19.6. The van der Waals surface area contributed by atoms with Gasteiger partial charge < -0.3 is 14.7 Å². The first-order valence-electron chi connectivity index (χ1n) is 9.58. The lowest BCUT2D eigenvalue weighted by molar-refractivity contribution is -0.137. The minimum absolute atomic E-state index is 0.0280. The average Bonchev–Trinajstić information content (AvgIpc) is 3.15. The molecule has 150 valence electrons. The van der Waals surface area contributed by atoms with Crippen molar-refractivity contribution in [3.05, 3.63) is 59.4 Å². The quantitative estimate of drug-likeness (QED) is 0.773. The van der Waals surface area contributed by atoms with Crippen LogP contribution in [0.3, 0.4) is 0 Å². The Morgan fingerprint density at radius 1 is 0.966 bits per heavy atom. The number of aromatic nitrogens is 1. The third kappa shape index (κ3) is 4.10. The van der Waals surface area contributed by atoms with E-state index in [1.807, 2.05) is 0 Å². The number of nitrogens with zero attached hydrogens (tertiary/aromatic N) is 4. The number of hydrogen-bond acceptors (Lipinski definition) is 4. The highest BCUT2D eigenvalue weighted by atomic mass is 35.5. The van der Waals surface area contributed by atoms with Gasteiger partial charge in [0.15, 0.2) is 0 Å². The molecule has 2 aliphatic heterocycles. The number of amides is 3. The lowest BCUT2D eigenvalue weighted by atomic mass is 10.1. The Kier molecular flexibility index (Phi) is 5.49. The van der Waals surface area contributed by atoms with Crippen LogP contribution < -0.4 is 4.90 Å². The van der Waals surface area contributed by atoms with E-state index < -0.39 is 0 Å². The van der Waals surface area contributed by atoms with E-state index in [0.717, 1.165) is 5.69 Å². The highest BCUT2D eigenvalue weighted by Gasteiger charge is 2.38. The fourth-order valence-electron chi connectivity index (χ4n) is 3.78. The second kappa shape index (κ2) is 8.21. The first kappa shape index (κ1) is 19.4. The molecule has 7 nitrogen and oxygen atoms in total. The summed E-state index contributed by atoms with van der Waals surface area (Å²) in [7, 11) is 0. The van der Waals surface area contributed by atoms with Crippen LogP contribution in [0.2, 0.25) is 5.02 Å². The summed E-state index contributed by atoms with van der Waals surface area (Å²) in [5.74, 6) is -0.576. The minimum atomic E-state index is -0.365. The van der Waals surface area contributed by atoms with Crippen molar-refractivity contribution in [2.24, 2.45) is 5.92 Å². The molecule has 2 fully saturated rings. The first-order valence-corrected chi connectivity index (χ1v) is 9.96. The second-order valence-corrected chi connectivity index (χ2v) is 7.65. The summed E-state index contributed by atoms with van der Waals surface area (Å²) in [6, 6.07) is 12.3. The molecule has 0 unspecified atom stereocenters. The molecule has 2 aliphatic rings. The van der Waals surface area contributed by atoms with Crippen LogP contribution in [0.5, 0.6) is 0 Å². The molecule has 3 heterocycles. The van der Waals surface area contributed by atoms with Crippen molar-refractivity contribution in [3.8, 4) is 0 Å². The van der Waals surface area contributed by atoms with E-state index >= 15 is 0 Å². The Hall–Kier alpha value is -2.93. The monoisotopic (exact) mass is 412 g/mol. The van der Waals surface area contributed by atoms with Crippen molar-refractivity contribution >= 4 is 35.0 Å². The molecule has 2 aromatic rings. The van der Waals surface area contributed by atoms with E-state index in [-0.39, 0.29) is 30.1 Å². The first-order chi connectivity index (χ1) is 14.0. The maximum absolute atomic E-state index is 12.9. The number of hydrogen-bond donors (Lipinski definition) is 0. The number of piperazine rings is 1. The predicted molar refractivity (Wildman–Crippen MR) is 109 cm³/mol. The van der Waals surface area contributed by atoms with Crippen molar-refractivity contribution < 1.29 is 14.4 Å². The van der Waals surface area contributed by atoms with E-state index in [4.69, 9.17) is 11.6 Å². The average molecular weight is 413 g/mol. The van der Waals surface area contributed by atoms with E-state index in [2.05, 4.69) is 4.98 Å². The van der Waals surface area contributed by atoms with Crippen molar-refractivity contribution in [1.82, 2.24) is 14.8 Å². The van der Waals surface area contributed by atoms with Crippen LogP contribution in [0.4, 0.5) is 5.69 Å². The van der Waals surface area contributed by atoms with Gasteiger partial charge in [-0.15, -0.1) is 0 Å². The van der Waals surface area contributed by atoms with E-state index in [0.29, 0.717) is 43.4 Å². The van der Waals surface area contributed by atoms with Crippen LogP contribution >= 0.6 is 11.6 Å². The van der Waals surface area contributed by atoms with Gasteiger partial charge in [-0.1, -0.05) is 17.7 Å². The van der Waals surface area contributed by atoms with Gasteiger partial charge >= 0.3 is 0 Å². The Balaban J connectivity index is 1.34. The van der Waals surface area contributed by atoms with E-state index in [1.54, 1.807) is 63.4 Å². The van der Waals surface area contributed by atoms with Gasteiger partial charge in [-0.05, 0) is 36.4 Å². The number of halogens is 1. The minimum Gasteiger partial charge on any atom is -0.339 e. The topological polar surface area (TPSA) is 73.8 Å². The summed E-state index contributed by atoms with van der Waals surface area (Å²) in [6.07, 6.45) is 1.80. The largest absolute Gasteiger partial charge is 0.339 e. The Labute approximate surface area is 173 Å². The molecule has 0 radical (unpaired) electrons. The molecule has 1 aromatic carbocycles. The molecular weight excluding hydrogens is 392 g/mol. The van der Waals surface area contributed by atoms with Crippen LogP contribution in [0, 0.1) is 5.92 Å². The lowest BCUT2D eigenvalue weighted by Crippen LogP contribution is -2.52. The molecule has 0 bridgehead atoms. The molecule has 4 rings (SSSR count). The van der Waals surface area contributed by atoms with Crippen LogP contribution in [0.25, 0.3) is 0 Å². The molecule has 29 heavy (non-hydrogen) atoms. The Morgan fingerprint density at radius 2 is 1.66 bits per heavy atom. The van der Waals surface area contributed by atoms with Gasteiger partial charge in [0.25, 0.3) is 5.91 Å². The summed E-state index contributed by atoms with van der Waals surface area (Å²) in [6.45, 7) is 2.21. The van der Waals surface area contributed by atoms with Crippen LogP contribution in [-0.4, -0.2) is 65.2 Å². The second-order valence-electron chi connectivity index (χ2n) is 7.21. The highest BCUT2D eigenvalue weighted by Crippen LogP contribution is 2.27. The Bertz CT molecular complexity index is 911. The molecule has 0 N–H and O–H groups in total. The lowest BCUT2D eigenvalue weighted by Gasteiger charge is -2.35. The van der Waals surface area contributed by atoms with Crippen molar-refractivity contribution in [1.29, 1.82) is 0 Å². The predicted octanol–water partition coefficient (Wildman–Crippen LogP) is 2.07. The van der Waals surface area contributed by atoms with Gasteiger partial charge in [-0.3, -0.25) is 19.4 Å². The van der Waals surface area contributed by atoms with Crippen molar-refractivity contribution in [2.75, 3.05) is 37.6 Å². The standard InChI is InChI=1S/C21H21ClN4O3/c22-16-4-6-17(7-5-16)26-14-15(13-19(26)27)20(28)24-9-11-25(12-10-24)21(29)18-3-1-2-8-23-18/h1-8,15H,9-14H2/t15-/m0/s1.